The predicted octanol–water partition coefficient (Wildman–Crippen LogP) is 3.39. The van der Waals surface area contributed by atoms with Crippen molar-refractivity contribution in [3.05, 3.63) is 45.7 Å². The molecule has 0 bridgehead atoms. The molecule has 0 fully saturated rings. The number of rotatable bonds is 6. The minimum atomic E-state index is -0.999. The number of benzene rings is 1. The Morgan fingerprint density at radius 1 is 1.43 bits per heavy atom. The van der Waals surface area contributed by atoms with E-state index in [1.807, 2.05) is 13.8 Å². The highest BCUT2D eigenvalue weighted by Crippen LogP contribution is 2.26. The van der Waals surface area contributed by atoms with Crippen LogP contribution < -0.4 is 4.74 Å². The molecule has 0 aliphatic rings. The number of ether oxygens (including phenoxy) is 1. The maximum atomic E-state index is 10.9. The fourth-order valence-electron chi connectivity index (χ4n) is 2.12. The number of aromatic nitrogens is 2. The maximum Gasteiger partial charge on any atom is 0.335 e. The van der Waals surface area contributed by atoms with Crippen LogP contribution >= 0.6 is 11.6 Å². The highest BCUT2D eigenvalue weighted by atomic mass is 35.5. The van der Waals surface area contributed by atoms with E-state index in [-0.39, 0.29) is 5.56 Å². The summed E-state index contributed by atoms with van der Waals surface area (Å²) in [5.41, 5.74) is 3.43. The third-order valence-corrected chi connectivity index (χ3v) is 3.60. The van der Waals surface area contributed by atoms with Crippen molar-refractivity contribution in [3.63, 3.8) is 0 Å². The first-order valence-electron chi connectivity index (χ1n) is 6.65. The van der Waals surface area contributed by atoms with Crippen LogP contribution in [0.25, 0.3) is 0 Å². The molecule has 21 heavy (non-hydrogen) atoms. The second kappa shape index (κ2) is 6.63. The Morgan fingerprint density at radius 2 is 2.19 bits per heavy atom. The summed E-state index contributed by atoms with van der Waals surface area (Å²) in [5, 5.41) is 16.5. The molecule has 1 aromatic heterocycles. The molecule has 0 saturated heterocycles. The second-order valence-electron chi connectivity index (χ2n) is 4.81. The SMILES string of the molecule is Cc1n[nH]c(C)c1CCCOc1cc(C(=O)O)ccc1Cl. The molecule has 2 N–H and O–H groups in total. The van der Waals surface area contributed by atoms with Gasteiger partial charge >= 0.3 is 5.97 Å². The Bertz CT molecular complexity index is 633. The van der Waals surface area contributed by atoms with Crippen molar-refractivity contribution < 1.29 is 14.6 Å². The first-order valence-corrected chi connectivity index (χ1v) is 7.03. The first-order chi connectivity index (χ1) is 9.99. The van der Waals surface area contributed by atoms with Crippen molar-refractivity contribution >= 4 is 17.6 Å². The number of nitrogens with one attached hydrogen (secondary N) is 1. The normalized spacial score (nSPS) is 10.6. The van der Waals surface area contributed by atoms with Gasteiger partial charge in [0.1, 0.15) is 5.75 Å². The van der Waals surface area contributed by atoms with Gasteiger partial charge in [0.25, 0.3) is 0 Å². The molecule has 2 rings (SSSR count). The fraction of sp³-hybridized carbons (Fsp3) is 0.333. The summed E-state index contributed by atoms with van der Waals surface area (Å²) in [6, 6.07) is 4.43. The zero-order valence-corrected chi connectivity index (χ0v) is 12.7. The molecule has 0 atom stereocenters. The third kappa shape index (κ3) is 3.76. The van der Waals surface area contributed by atoms with Crippen molar-refractivity contribution in [1.29, 1.82) is 0 Å². The number of aryl methyl sites for hydroxylation is 2. The standard InChI is InChI=1S/C15H17ClN2O3/c1-9-12(10(2)18-17-9)4-3-7-21-14-8-11(15(19)20)5-6-13(14)16/h5-6,8H,3-4,7H2,1-2H3,(H,17,18)(H,19,20). The Kier molecular flexibility index (Phi) is 4.85. The third-order valence-electron chi connectivity index (χ3n) is 3.29. The highest BCUT2D eigenvalue weighted by Gasteiger charge is 2.09. The number of hydrogen-bond acceptors (Lipinski definition) is 3. The van der Waals surface area contributed by atoms with Crippen molar-refractivity contribution in [2.24, 2.45) is 0 Å². The lowest BCUT2D eigenvalue weighted by Crippen LogP contribution is -2.03. The van der Waals surface area contributed by atoms with Crippen LogP contribution in [0.15, 0.2) is 18.2 Å². The highest BCUT2D eigenvalue weighted by molar-refractivity contribution is 6.32. The van der Waals surface area contributed by atoms with Crippen molar-refractivity contribution in [3.8, 4) is 5.75 Å². The van der Waals surface area contributed by atoms with Gasteiger partial charge in [-0.3, -0.25) is 5.10 Å². The molecule has 0 aliphatic carbocycles. The van der Waals surface area contributed by atoms with Gasteiger partial charge in [-0.2, -0.15) is 5.10 Å². The van der Waals surface area contributed by atoms with E-state index < -0.39 is 5.97 Å². The Morgan fingerprint density at radius 3 is 2.81 bits per heavy atom. The Hall–Kier alpha value is -2.01. The molecule has 0 amide bonds. The summed E-state index contributed by atoms with van der Waals surface area (Å²) in [4.78, 5) is 10.9. The van der Waals surface area contributed by atoms with E-state index in [4.69, 9.17) is 21.4 Å². The van der Waals surface area contributed by atoms with E-state index in [0.717, 1.165) is 24.2 Å². The smallest absolute Gasteiger partial charge is 0.335 e. The number of H-pyrrole nitrogens is 1. The molecule has 1 heterocycles. The van der Waals surface area contributed by atoms with Crippen molar-refractivity contribution in [2.45, 2.75) is 26.7 Å². The predicted molar refractivity (Wildman–Crippen MR) is 80.3 cm³/mol. The zero-order valence-electron chi connectivity index (χ0n) is 11.9. The van der Waals surface area contributed by atoms with E-state index in [1.165, 1.54) is 23.8 Å². The summed E-state index contributed by atoms with van der Waals surface area (Å²) in [7, 11) is 0. The largest absolute Gasteiger partial charge is 0.492 e. The van der Waals surface area contributed by atoms with Crippen LogP contribution in [0.1, 0.15) is 33.7 Å². The molecule has 6 heteroatoms. The number of carboxylic acids is 1. The van der Waals surface area contributed by atoms with Crippen LogP contribution in [0.4, 0.5) is 0 Å². The number of aromatic amines is 1. The molecule has 5 nitrogen and oxygen atoms in total. The number of halogens is 1. The molecule has 1 aromatic carbocycles. The number of nitrogens with zero attached hydrogens (tertiary/aromatic N) is 1. The molecule has 0 radical (unpaired) electrons. The molecule has 0 spiro atoms. The molecule has 0 unspecified atom stereocenters. The molecule has 0 aliphatic heterocycles. The van der Waals surface area contributed by atoms with Gasteiger partial charge in [-0.25, -0.2) is 4.79 Å². The zero-order chi connectivity index (χ0) is 15.4. The van der Waals surface area contributed by atoms with Crippen molar-refractivity contribution in [1.82, 2.24) is 10.2 Å². The van der Waals surface area contributed by atoms with E-state index in [1.54, 1.807) is 0 Å². The van der Waals surface area contributed by atoms with Gasteiger partial charge in [0.05, 0.1) is 22.9 Å². The lowest BCUT2D eigenvalue weighted by Gasteiger charge is -2.09. The summed E-state index contributed by atoms with van der Waals surface area (Å²) >= 11 is 6.00. The Balaban J connectivity index is 1.92. The number of hydrogen-bond donors (Lipinski definition) is 2. The molecule has 112 valence electrons. The monoisotopic (exact) mass is 308 g/mol. The summed E-state index contributed by atoms with van der Waals surface area (Å²) in [6.07, 6.45) is 1.65. The minimum absolute atomic E-state index is 0.163. The fourth-order valence-corrected chi connectivity index (χ4v) is 2.29. The number of aromatic carboxylic acids is 1. The minimum Gasteiger partial charge on any atom is -0.492 e. The quantitative estimate of drug-likeness (QED) is 0.802. The topological polar surface area (TPSA) is 75.2 Å². The number of carboxylic acid groups (broad SMARTS) is 1. The maximum absolute atomic E-state index is 10.9. The van der Waals surface area contributed by atoms with Crippen LogP contribution in [0, 0.1) is 13.8 Å². The molecular formula is C15H17ClN2O3. The Labute approximate surface area is 127 Å². The molecule has 2 aromatic rings. The van der Waals surface area contributed by atoms with Crippen LogP contribution in [-0.4, -0.2) is 27.9 Å². The van der Waals surface area contributed by atoms with Crippen LogP contribution in [0.3, 0.4) is 0 Å². The molecule has 0 saturated carbocycles. The van der Waals surface area contributed by atoms with Gasteiger partial charge in [0.2, 0.25) is 0 Å². The lowest BCUT2D eigenvalue weighted by molar-refractivity contribution is 0.0696. The first kappa shape index (κ1) is 15.4. The summed E-state index contributed by atoms with van der Waals surface area (Å²) in [5.74, 6) is -0.599. The molecular weight excluding hydrogens is 292 g/mol. The van der Waals surface area contributed by atoms with E-state index in [0.29, 0.717) is 17.4 Å². The van der Waals surface area contributed by atoms with Gasteiger partial charge in [-0.05, 0) is 50.5 Å². The van der Waals surface area contributed by atoms with Crippen LogP contribution in [0.5, 0.6) is 5.75 Å². The van der Waals surface area contributed by atoms with Gasteiger partial charge < -0.3 is 9.84 Å². The van der Waals surface area contributed by atoms with Crippen molar-refractivity contribution in [2.75, 3.05) is 6.61 Å². The van der Waals surface area contributed by atoms with E-state index >= 15 is 0 Å². The van der Waals surface area contributed by atoms with Gasteiger partial charge in [-0.1, -0.05) is 11.6 Å². The average Bonchev–Trinajstić information content (AvgIpc) is 2.76. The van der Waals surface area contributed by atoms with E-state index in [2.05, 4.69) is 10.2 Å². The lowest BCUT2D eigenvalue weighted by atomic mass is 10.1. The average molecular weight is 309 g/mol. The van der Waals surface area contributed by atoms with E-state index in [9.17, 15) is 4.79 Å². The van der Waals surface area contributed by atoms with Crippen LogP contribution in [-0.2, 0) is 6.42 Å². The van der Waals surface area contributed by atoms with Crippen LogP contribution in [0.2, 0.25) is 5.02 Å². The van der Waals surface area contributed by atoms with Gasteiger partial charge in [-0.15, -0.1) is 0 Å². The van der Waals surface area contributed by atoms with Gasteiger partial charge in [0, 0.05) is 5.69 Å². The van der Waals surface area contributed by atoms with Gasteiger partial charge in [0.15, 0.2) is 0 Å². The number of carbonyl (C=O) groups is 1. The second-order valence-corrected chi connectivity index (χ2v) is 5.22. The summed E-state index contributed by atoms with van der Waals surface area (Å²) < 4.78 is 5.58. The summed E-state index contributed by atoms with van der Waals surface area (Å²) in [6.45, 7) is 4.42.